The Morgan fingerprint density at radius 1 is 0.881 bits per heavy atom. The number of methoxy groups -OCH3 is 1. The number of hydrogen-bond acceptors (Lipinski definition) is 6. The molecule has 42 heavy (non-hydrogen) atoms. The van der Waals surface area contributed by atoms with Crippen LogP contribution in [0, 0.1) is 0 Å². The molecule has 1 aliphatic rings. The van der Waals surface area contributed by atoms with Crippen LogP contribution in [0.1, 0.15) is 5.56 Å². The van der Waals surface area contributed by atoms with E-state index in [-0.39, 0.29) is 18.4 Å². The Labute approximate surface area is 261 Å². The number of benzene rings is 4. The number of hydrogen-bond donors (Lipinski definition) is 1. The summed E-state index contributed by atoms with van der Waals surface area (Å²) >= 11 is 19.2. The minimum Gasteiger partial charge on any atom is -0.493 e. The minimum atomic E-state index is -0.340. The fraction of sp³-hybridized carbons (Fsp3) is 0.0645. The van der Waals surface area contributed by atoms with Gasteiger partial charge in [0.25, 0.3) is 11.8 Å². The van der Waals surface area contributed by atoms with Crippen LogP contribution in [0.4, 0.5) is 17.1 Å². The Kier molecular flexibility index (Phi) is 9.39. The van der Waals surface area contributed by atoms with Crippen molar-refractivity contribution in [2.75, 3.05) is 23.9 Å². The first-order valence-electron chi connectivity index (χ1n) is 12.5. The number of carbonyl (C=O) groups is 2. The van der Waals surface area contributed by atoms with Gasteiger partial charge in [-0.1, -0.05) is 40.9 Å². The summed E-state index contributed by atoms with van der Waals surface area (Å²) in [5, 5.41) is 4.95. The van der Waals surface area contributed by atoms with Gasteiger partial charge in [0, 0.05) is 20.8 Å². The molecule has 4 aromatic carbocycles. The molecule has 4 aromatic rings. The molecule has 5 rings (SSSR count). The van der Waals surface area contributed by atoms with E-state index in [0.29, 0.717) is 59.3 Å². The van der Waals surface area contributed by atoms with Crippen molar-refractivity contribution in [3.63, 3.8) is 0 Å². The van der Waals surface area contributed by atoms with E-state index in [4.69, 9.17) is 49.3 Å². The van der Waals surface area contributed by atoms with Crippen LogP contribution in [0.15, 0.2) is 101 Å². The van der Waals surface area contributed by atoms with E-state index in [0.717, 1.165) is 0 Å². The molecule has 212 valence electrons. The zero-order valence-corrected chi connectivity index (χ0v) is 25.1. The predicted molar refractivity (Wildman–Crippen MR) is 172 cm³/mol. The van der Waals surface area contributed by atoms with E-state index < -0.39 is 0 Å². The molecule has 1 fully saturated rings. The second kappa shape index (κ2) is 13.4. The van der Waals surface area contributed by atoms with Gasteiger partial charge < -0.3 is 14.8 Å². The Morgan fingerprint density at radius 2 is 1.50 bits per heavy atom. The fourth-order valence-electron chi connectivity index (χ4n) is 3.91. The largest absolute Gasteiger partial charge is 0.493 e. The molecule has 0 aliphatic carbocycles. The lowest BCUT2D eigenvalue weighted by molar-refractivity contribution is -0.118. The molecule has 0 saturated carbocycles. The standard InChI is InChI=1S/C31H22Cl3N3O4S/c1-40-27-16-19(2-15-26(27)41-18-29(38)35-23-9-3-20(32)4-10-23)17-28-30(39)37(25-13-7-22(34)8-14-25)31(42-28)36-24-11-5-21(33)6-12-24/h2-17H,18H2,1H3,(H,35,38)/b28-17-,36-31?. The third-order valence-corrected chi connectivity index (χ3v) is 7.64. The first-order chi connectivity index (χ1) is 20.3. The van der Waals surface area contributed by atoms with Crippen molar-refractivity contribution < 1.29 is 19.1 Å². The molecule has 0 aromatic heterocycles. The molecule has 0 spiro atoms. The number of nitrogens with zero attached hydrogens (tertiary/aromatic N) is 2. The minimum absolute atomic E-state index is 0.228. The lowest BCUT2D eigenvalue weighted by Gasteiger charge is -2.15. The highest BCUT2D eigenvalue weighted by molar-refractivity contribution is 8.19. The van der Waals surface area contributed by atoms with Gasteiger partial charge in [0.2, 0.25) is 0 Å². The molecule has 1 N–H and O–H groups in total. The second-order valence-electron chi connectivity index (χ2n) is 8.85. The van der Waals surface area contributed by atoms with Gasteiger partial charge in [0.15, 0.2) is 23.3 Å². The van der Waals surface area contributed by atoms with E-state index in [1.54, 1.807) is 97.1 Å². The van der Waals surface area contributed by atoms with Gasteiger partial charge in [0.1, 0.15) is 0 Å². The lowest BCUT2D eigenvalue weighted by Crippen LogP contribution is -2.28. The maximum absolute atomic E-state index is 13.6. The Bertz CT molecular complexity index is 1680. The van der Waals surface area contributed by atoms with Crippen molar-refractivity contribution in [2.45, 2.75) is 0 Å². The zero-order chi connectivity index (χ0) is 29.6. The van der Waals surface area contributed by atoms with Gasteiger partial charge in [-0.05, 0) is 108 Å². The zero-order valence-electron chi connectivity index (χ0n) is 22.0. The van der Waals surface area contributed by atoms with Gasteiger partial charge in [0.05, 0.1) is 23.4 Å². The van der Waals surface area contributed by atoms with Crippen molar-refractivity contribution in [3.05, 3.63) is 117 Å². The van der Waals surface area contributed by atoms with E-state index in [9.17, 15) is 9.59 Å². The van der Waals surface area contributed by atoms with Crippen molar-refractivity contribution in [1.82, 2.24) is 0 Å². The number of rotatable bonds is 8. The normalized spacial score (nSPS) is 14.9. The predicted octanol–water partition coefficient (Wildman–Crippen LogP) is 8.48. The van der Waals surface area contributed by atoms with Crippen LogP contribution in [0.3, 0.4) is 0 Å². The summed E-state index contributed by atoms with van der Waals surface area (Å²) in [6, 6.07) is 26.0. The number of amides is 2. The van der Waals surface area contributed by atoms with Gasteiger partial charge in [-0.25, -0.2) is 4.99 Å². The van der Waals surface area contributed by atoms with Crippen LogP contribution >= 0.6 is 46.6 Å². The SMILES string of the molecule is COc1cc(/C=C2\SC(=Nc3ccc(Cl)cc3)N(c3ccc(Cl)cc3)C2=O)ccc1OCC(=O)Nc1ccc(Cl)cc1. The fourth-order valence-corrected chi connectivity index (χ4v) is 5.29. The summed E-state index contributed by atoms with van der Waals surface area (Å²) in [7, 11) is 1.50. The topological polar surface area (TPSA) is 80.2 Å². The molecule has 1 heterocycles. The molecular formula is C31H22Cl3N3O4S. The molecular weight excluding hydrogens is 617 g/mol. The molecule has 0 radical (unpaired) electrons. The number of anilines is 2. The van der Waals surface area contributed by atoms with Crippen molar-refractivity contribution in [3.8, 4) is 11.5 Å². The van der Waals surface area contributed by atoms with Crippen LogP contribution in [0.5, 0.6) is 11.5 Å². The first kappa shape index (κ1) is 29.5. The Morgan fingerprint density at radius 3 is 2.14 bits per heavy atom. The molecule has 0 bridgehead atoms. The lowest BCUT2D eigenvalue weighted by atomic mass is 10.1. The van der Waals surface area contributed by atoms with Gasteiger partial charge in [-0.15, -0.1) is 0 Å². The monoisotopic (exact) mass is 637 g/mol. The number of aliphatic imine (C=N–C) groups is 1. The molecule has 1 aliphatic heterocycles. The highest BCUT2D eigenvalue weighted by Gasteiger charge is 2.34. The highest BCUT2D eigenvalue weighted by Crippen LogP contribution is 2.38. The number of nitrogens with one attached hydrogen (secondary N) is 1. The molecule has 7 nitrogen and oxygen atoms in total. The van der Waals surface area contributed by atoms with E-state index >= 15 is 0 Å². The van der Waals surface area contributed by atoms with Crippen molar-refractivity contribution in [2.24, 2.45) is 4.99 Å². The first-order valence-corrected chi connectivity index (χ1v) is 14.4. The Balaban J connectivity index is 1.36. The molecule has 0 unspecified atom stereocenters. The molecule has 2 amide bonds. The summed E-state index contributed by atoms with van der Waals surface area (Å²) in [5.41, 5.74) is 2.58. The van der Waals surface area contributed by atoms with Crippen LogP contribution in [-0.2, 0) is 9.59 Å². The molecule has 0 atom stereocenters. The van der Waals surface area contributed by atoms with Crippen molar-refractivity contribution in [1.29, 1.82) is 0 Å². The van der Waals surface area contributed by atoms with Gasteiger partial charge in [-0.2, -0.15) is 0 Å². The van der Waals surface area contributed by atoms with E-state index in [2.05, 4.69) is 5.32 Å². The summed E-state index contributed by atoms with van der Waals surface area (Å²) in [6.45, 7) is -0.228. The van der Waals surface area contributed by atoms with Gasteiger partial charge in [-0.3, -0.25) is 14.5 Å². The van der Waals surface area contributed by atoms with Crippen LogP contribution in [0.2, 0.25) is 15.1 Å². The maximum atomic E-state index is 13.6. The quantitative estimate of drug-likeness (QED) is 0.196. The average Bonchev–Trinajstić information content (AvgIpc) is 3.28. The van der Waals surface area contributed by atoms with Crippen LogP contribution in [-0.4, -0.2) is 30.7 Å². The molecule has 11 heteroatoms. The number of thioether (sulfide) groups is 1. The second-order valence-corrected chi connectivity index (χ2v) is 11.2. The maximum Gasteiger partial charge on any atom is 0.271 e. The van der Waals surface area contributed by atoms with Crippen molar-refractivity contribution >= 4 is 86.7 Å². The smallest absolute Gasteiger partial charge is 0.271 e. The van der Waals surface area contributed by atoms with E-state index in [1.807, 2.05) is 0 Å². The van der Waals surface area contributed by atoms with Crippen LogP contribution < -0.4 is 19.7 Å². The number of ether oxygens (including phenoxy) is 2. The Hall–Kier alpha value is -3.95. The summed E-state index contributed by atoms with van der Waals surface area (Å²) in [5.74, 6) is 0.203. The third kappa shape index (κ3) is 7.27. The van der Waals surface area contributed by atoms with E-state index in [1.165, 1.54) is 23.8 Å². The third-order valence-electron chi connectivity index (χ3n) is 5.91. The summed E-state index contributed by atoms with van der Waals surface area (Å²) in [6.07, 6.45) is 1.75. The number of amidine groups is 1. The number of halogens is 3. The number of carbonyl (C=O) groups excluding carboxylic acids is 2. The summed E-state index contributed by atoms with van der Waals surface area (Å²) < 4.78 is 11.2. The van der Waals surface area contributed by atoms with Crippen LogP contribution in [0.25, 0.3) is 6.08 Å². The molecule has 1 saturated heterocycles. The average molecular weight is 639 g/mol. The van der Waals surface area contributed by atoms with Gasteiger partial charge >= 0.3 is 0 Å². The highest BCUT2D eigenvalue weighted by atomic mass is 35.5. The summed E-state index contributed by atoms with van der Waals surface area (Å²) in [4.78, 5) is 32.7.